The molecule has 0 saturated carbocycles. The van der Waals surface area contributed by atoms with E-state index in [1.165, 1.54) is 37.7 Å². The SMILES string of the molecule is COC(C(NN)C1=CCCCCCC1)C(C)(C)C. The first-order valence-electron chi connectivity index (χ1n) is 7.18. The zero-order valence-electron chi connectivity index (χ0n) is 12.5. The Morgan fingerprint density at radius 2 is 1.89 bits per heavy atom. The Hall–Kier alpha value is -0.380. The normalized spacial score (nSPS) is 21.7. The van der Waals surface area contributed by atoms with Gasteiger partial charge in [0.15, 0.2) is 0 Å². The average molecular weight is 254 g/mol. The van der Waals surface area contributed by atoms with E-state index in [1.54, 1.807) is 7.11 Å². The van der Waals surface area contributed by atoms with E-state index in [4.69, 9.17) is 10.6 Å². The number of rotatable bonds is 4. The maximum absolute atomic E-state index is 5.80. The summed E-state index contributed by atoms with van der Waals surface area (Å²) in [6.07, 6.45) is 10.1. The van der Waals surface area contributed by atoms with E-state index in [-0.39, 0.29) is 17.6 Å². The summed E-state index contributed by atoms with van der Waals surface area (Å²) in [6, 6.07) is 0.132. The largest absolute Gasteiger partial charge is 0.379 e. The topological polar surface area (TPSA) is 47.3 Å². The molecule has 3 N–H and O–H groups in total. The Bertz CT molecular complexity index is 268. The number of nitrogens with two attached hydrogens (primary N) is 1. The van der Waals surface area contributed by atoms with E-state index in [0.29, 0.717) is 0 Å². The molecule has 1 rings (SSSR count). The summed E-state index contributed by atoms with van der Waals surface area (Å²) >= 11 is 0. The van der Waals surface area contributed by atoms with Gasteiger partial charge in [0.25, 0.3) is 0 Å². The van der Waals surface area contributed by atoms with Gasteiger partial charge in [-0.2, -0.15) is 0 Å². The summed E-state index contributed by atoms with van der Waals surface area (Å²) in [5, 5.41) is 0. The van der Waals surface area contributed by atoms with Crippen molar-refractivity contribution < 1.29 is 4.74 Å². The van der Waals surface area contributed by atoms with Crippen molar-refractivity contribution in [2.24, 2.45) is 11.3 Å². The van der Waals surface area contributed by atoms with Crippen LogP contribution < -0.4 is 11.3 Å². The highest BCUT2D eigenvalue weighted by Crippen LogP contribution is 2.30. The molecule has 0 aromatic rings. The molecule has 0 aromatic carbocycles. The second kappa shape index (κ2) is 7.27. The van der Waals surface area contributed by atoms with E-state index in [2.05, 4.69) is 32.3 Å². The van der Waals surface area contributed by atoms with Crippen LogP contribution in [0.5, 0.6) is 0 Å². The van der Waals surface area contributed by atoms with Crippen molar-refractivity contribution >= 4 is 0 Å². The van der Waals surface area contributed by atoms with Crippen LogP contribution in [0.25, 0.3) is 0 Å². The van der Waals surface area contributed by atoms with Gasteiger partial charge in [-0.15, -0.1) is 0 Å². The second-order valence-electron chi connectivity index (χ2n) is 6.40. The molecule has 0 heterocycles. The molecule has 0 radical (unpaired) electrons. The Kier molecular flexibility index (Phi) is 6.33. The molecule has 18 heavy (non-hydrogen) atoms. The van der Waals surface area contributed by atoms with Crippen molar-refractivity contribution in [3.05, 3.63) is 11.6 Å². The van der Waals surface area contributed by atoms with E-state index in [1.807, 2.05) is 0 Å². The highest BCUT2D eigenvalue weighted by atomic mass is 16.5. The van der Waals surface area contributed by atoms with E-state index in [9.17, 15) is 0 Å². The maximum atomic E-state index is 5.80. The van der Waals surface area contributed by atoms with Gasteiger partial charge < -0.3 is 4.74 Å². The van der Waals surface area contributed by atoms with Gasteiger partial charge in [-0.1, -0.05) is 45.3 Å². The minimum Gasteiger partial charge on any atom is -0.379 e. The van der Waals surface area contributed by atoms with Crippen LogP contribution in [0.3, 0.4) is 0 Å². The van der Waals surface area contributed by atoms with Gasteiger partial charge in [0.2, 0.25) is 0 Å². The van der Waals surface area contributed by atoms with Crippen LogP contribution in [0.15, 0.2) is 11.6 Å². The van der Waals surface area contributed by atoms with Gasteiger partial charge >= 0.3 is 0 Å². The highest BCUT2D eigenvalue weighted by Gasteiger charge is 2.33. The predicted molar refractivity (Wildman–Crippen MR) is 77.1 cm³/mol. The number of hydrazine groups is 1. The molecule has 0 aromatic heterocycles. The third kappa shape index (κ3) is 4.38. The molecular formula is C15H30N2O. The monoisotopic (exact) mass is 254 g/mol. The molecule has 2 atom stereocenters. The third-order valence-corrected chi connectivity index (χ3v) is 3.82. The smallest absolute Gasteiger partial charge is 0.0823 e. The number of ether oxygens (including phenoxy) is 1. The van der Waals surface area contributed by atoms with Gasteiger partial charge in [-0.3, -0.25) is 11.3 Å². The van der Waals surface area contributed by atoms with Crippen molar-refractivity contribution in [3.8, 4) is 0 Å². The molecule has 0 amide bonds. The fourth-order valence-electron chi connectivity index (χ4n) is 2.88. The molecule has 1 aliphatic rings. The number of hydrogen-bond acceptors (Lipinski definition) is 3. The first kappa shape index (κ1) is 15.7. The quantitative estimate of drug-likeness (QED) is 0.460. The number of hydrogen-bond donors (Lipinski definition) is 2. The van der Waals surface area contributed by atoms with Crippen LogP contribution in [-0.4, -0.2) is 19.3 Å². The van der Waals surface area contributed by atoms with Crippen LogP contribution in [0, 0.1) is 5.41 Å². The van der Waals surface area contributed by atoms with Crippen molar-refractivity contribution in [2.75, 3.05) is 7.11 Å². The first-order valence-corrected chi connectivity index (χ1v) is 7.18. The van der Waals surface area contributed by atoms with E-state index >= 15 is 0 Å². The minimum atomic E-state index is 0.0784. The zero-order valence-corrected chi connectivity index (χ0v) is 12.5. The molecule has 2 unspecified atom stereocenters. The van der Waals surface area contributed by atoms with Crippen molar-refractivity contribution in [1.82, 2.24) is 5.43 Å². The van der Waals surface area contributed by atoms with Crippen molar-refractivity contribution in [1.29, 1.82) is 0 Å². The lowest BCUT2D eigenvalue weighted by molar-refractivity contribution is -0.00328. The number of methoxy groups -OCH3 is 1. The van der Waals surface area contributed by atoms with Crippen LogP contribution >= 0.6 is 0 Å². The van der Waals surface area contributed by atoms with Gasteiger partial charge in [0, 0.05) is 7.11 Å². The Morgan fingerprint density at radius 3 is 2.44 bits per heavy atom. The summed E-state index contributed by atoms with van der Waals surface area (Å²) < 4.78 is 5.71. The van der Waals surface area contributed by atoms with Gasteiger partial charge in [0.05, 0.1) is 12.1 Å². The highest BCUT2D eigenvalue weighted by molar-refractivity contribution is 5.15. The van der Waals surface area contributed by atoms with E-state index < -0.39 is 0 Å². The van der Waals surface area contributed by atoms with Crippen LogP contribution in [0.4, 0.5) is 0 Å². The molecule has 0 aliphatic heterocycles. The third-order valence-electron chi connectivity index (χ3n) is 3.82. The first-order chi connectivity index (χ1) is 8.50. The number of nitrogens with one attached hydrogen (secondary N) is 1. The molecular weight excluding hydrogens is 224 g/mol. The lowest BCUT2D eigenvalue weighted by Gasteiger charge is -2.37. The Labute approximate surface area is 112 Å². The standard InChI is InChI=1S/C15H30N2O/c1-15(2,3)14(18-4)13(17-16)12-10-8-6-5-7-9-11-12/h10,13-14,17H,5-9,11,16H2,1-4H3. The molecule has 0 spiro atoms. The molecule has 106 valence electrons. The molecule has 0 saturated heterocycles. The van der Waals surface area contributed by atoms with Crippen LogP contribution in [-0.2, 0) is 4.74 Å². The summed E-state index contributed by atoms with van der Waals surface area (Å²) in [6.45, 7) is 6.61. The van der Waals surface area contributed by atoms with Crippen LogP contribution in [0.1, 0.15) is 59.3 Å². The minimum absolute atomic E-state index is 0.0784. The Morgan fingerprint density at radius 1 is 1.22 bits per heavy atom. The summed E-state index contributed by atoms with van der Waals surface area (Å²) in [5.41, 5.74) is 4.49. The van der Waals surface area contributed by atoms with Gasteiger partial charge in [0.1, 0.15) is 0 Å². The predicted octanol–water partition coefficient (Wildman–Crippen LogP) is 3.16. The molecule has 0 bridgehead atoms. The molecule has 0 fully saturated rings. The lowest BCUT2D eigenvalue weighted by Crippen LogP contribution is -2.51. The second-order valence-corrected chi connectivity index (χ2v) is 6.40. The molecule has 1 aliphatic carbocycles. The van der Waals surface area contributed by atoms with Crippen molar-refractivity contribution in [2.45, 2.75) is 71.4 Å². The van der Waals surface area contributed by atoms with Gasteiger partial charge in [-0.25, -0.2) is 0 Å². The van der Waals surface area contributed by atoms with Crippen molar-refractivity contribution in [3.63, 3.8) is 0 Å². The maximum Gasteiger partial charge on any atom is 0.0823 e. The fraction of sp³-hybridized carbons (Fsp3) is 0.867. The fourth-order valence-corrected chi connectivity index (χ4v) is 2.88. The summed E-state index contributed by atoms with van der Waals surface area (Å²) in [5.74, 6) is 5.80. The average Bonchev–Trinajstić information content (AvgIpc) is 2.24. The van der Waals surface area contributed by atoms with E-state index in [0.717, 1.165) is 6.42 Å². The van der Waals surface area contributed by atoms with Gasteiger partial charge in [-0.05, 0) is 31.1 Å². The molecule has 3 nitrogen and oxygen atoms in total. The Balaban J connectivity index is 2.85. The zero-order chi connectivity index (χ0) is 13.6. The van der Waals surface area contributed by atoms with Crippen LogP contribution in [0.2, 0.25) is 0 Å². The summed E-state index contributed by atoms with van der Waals surface area (Å²) in [4.78, 5) is 0. The number of allylic oxidation sites excluding steroid dienone is 1. The lowest BCUT2D eigenvalue weighted by atomic mass is 9.80. The summed E-state index contributed by atoms with van der Waals surface area (Å²) in [7, 11) is 1.78. The molecule has 3 heteroatoms.